The fraction of sp³-hybridized carbons (Fsp3) is 0.929. The largest absolute Gasteiger partial charge is 0.469 e. The van der Waals surface area contributed by atoms with Gasteiger partial charge >= 0.3 is 5.97 Å². The Bertz CT molecular complexity index is 213. The Morgan fingerprint density at radius 3 is 1.69 bits per heavy atom. The molecule has 0 saturated heterocycles. The quantitative estimate of drug-likeness (QED) is 0.637. The lowest BCUT2D eigenvalue weighted by Gasteiger charge is -2.46. The van der Waals surface area contributed by atoms with Crippen molar-refractivity contribution in [2.75, 3.05) is 7.11 Å². The molecule has 0 aromatic carbocycles. The average Bonchev–Trinajstić information content (AvgIpc) is 2.34. The van der Waals surface area contributed by atoms with Crippen LogP contribution in [0.3, 0.4) is 0 Å². The van der Waals surface area contributed by atoms with Crippen LogP contribution in [-0.4, -0.2) is 13.1 Å². The molecule has 16 heavy (non-hydrogen) atoms. The Morgan fingerprint density at radius 2 is 1.38 bits per heavy atom. The van der Waals surface area contributed by atoms with E-state index in [0.29, 0.717) is 0 Å². The molecule has 0 bridgehead atoms. The Hall–Kier alpha value is -0.530. The van der Waals surface area contributed by atoms with Gasteiger partial charge in [-0.1, -0.05) is 19.3 Å². The van der Waals surface area contributed by atoms with Gasteiger partial charge in [0.05, 0.1) is 13.0 Å². The average molecular weight is 224 g/mol. The second-order valence-electron chi connectivity index (χ2n) is 5.53. The number of hydrogen-bond donors (Lipinski definition) is 0. The number of fused-ring (bicyclic) bond motifs is 1. The summed E-state index contributed by atoms with van der Waals surface area (Å²) < 4.78 is 4.65. The van der Waals surface area contributed by atoms with Crippen LogP contribution >= 0.6 is 0 Å². The van der Waals surface area contributed by atoms with Gasteiger partial charge < -0.3 is 4.74 Å². The number of methoxy groups -OCH3 is 1. The molecule has 3 saturated carbocycles. The molecule has 0 aliphatic heterocycles. The van der Waals surface area contributed by atoms with Crippen LogP contribution in [0.2, 0.25) is 0 Å². The zero-order valence-corrected chi connectivity index (χ0v) is 10.4. The summed E-state index contributed by atoms with van der Waals surface area (Å²) in [5.74, 6) is 2.62. The standard InChI is InChI=1S/C8H14O2.C6H10/c1-10-8(9)7-5-3-2-4-6-7;1-2-6-4-3-5(1)6/h7H,2-6H2,1H3;5-6H,1-4H2. The van der Waals surface area contributed by atoms with E-state index in [1.807, 2.05) is 0 Å². The van der Waals surface area contributed by atoms with Gasteiger partial charge in [0.2, 0.25) is 0 Å². The SMILES string of the molecule is C1CC2CCC12.COC(=O)C1CCCCC1. The molecule has 92 valence electrons. The third kappa shape index (κ3) is 2.78. The molecular weight excluding hydrogens is 200 g/mol. The molecule has 0 spiro atoms. The van der Waals surface area contributed by atoms with E-state index >= 15 is 0 Å². The monoisotopic (exact) mass is 224 g/mol. The van der Waals surface area contributed by atoms with Crippen LogP contribution < -0.4 is 0 Å². The van der Waals surface area contributed by atoms with Crippen molar-refractivity contribution in [3.05, 3.63) is 0 Å². The number of ether oxygens (including phenoxy) is 1. The molecule has 2 heteroatoms. The molecule has 3 aliphatic rings. The molecule has 3 fully saturated rings. The lowest BCUT2D eigenvalue weighted by molar-refractivity contribution is -0.146. The van der Waals surface area contributed by atoms with E-state index in [-0.39, 0.29) is 11.9 Å². The molecule has 2 nitrogen and oxygen atoms in total. The van der Waals surface area contributed by atoms with Gasteiger partial charge in [-0.05, 0) is 50.4 Å². The van der Waals surface area contributed by atoms with Crippen LogP contribution in [-0.2, 0) is 9.53 Å². The smallest absolute Gasteiger partial charge is 0.308 e. The number of carbonyl (C=O) groups excluding carboxylic acids is 1. The van der Waals surface area contributed by atoms with Crippen LogP contribution in [0.5, 0.6) is 0 Å². The first-order chi connectivity index (χ1) is 7.81. The zero-order chi connectivity index (χ0) is 11.4. The first-order valence-electron chi connectivity index (χ1n) is 6.89. The number of rotatable bonds is 1. The predicted octanol–water partition coefficient (Wildman–Crippen LogP) is 3.55. The Morgan fingerprint density at radius 1 is 0.875 bits per heavy atom. The van der Waals surface area contributed by atoms with Crippen molar-refractivity contribution in [1.82, 2.24) is 0 Å². The Labute approximate surface area is 98.7 Å². The Kier molecular flexibility index (Phi) is 4.25. The third-order valence-corrected chi connectivity index (χ3v) is 4.62. The van der Waals surface area contributed by atoms with Gasteiger partial charge in [-0.15, -0.1) is 0 Å². The van der Waals surface area contributed by atoms with Crippen molar-refractivity contribution >= 4 is 5.97 Å². The lowest BCUT2D eigenvalue weighted by atomic mass is 9.60. The number of carbonyl (C=O) groups is 1. The highest BCUT2D eigenvalue weighted by atomic mass is 16.5. The highest BCUT2D eigenvalue weighted by Gasteiger charge is 2.37. The van der Waals surface area contributed by atoms with Crippen LogP contribution in [0.25, 0.3) is 0 Å². The van der Waals surface area contributed by atoms with E-state index in [1.165, 1.54) is 38.2 Å². The van der Waals surface area contributed by atoms with Crippen LogP contribution in [0.4, 0.5) is 0 Å². The van der Waals surface area contributed by atoms with Crippen molar-refractivity contribution in [3.8, 4) is 0 Å². The summed E-state index contributed by atoms with van der Waals surface area (Å²) in [5.41, 5.74) is 0. The van der Waals surface area contributed by atoms with E-state index in [1.54, 1.807) is 25.7 Å². The predicted molar refractivity (Wildman–Crippen MR) is 64.0 cm³/mol. The summed E-state index contributed by atoms with van der Waals surface area (Å²) in [4.78, 5) is 10.9. The minimum Gasteiger partial charge on any atom is -0.469 e. The van der Waals surface area contributed by atoms with Gasteiger partial charge in [0.25, 0.3) is 0 Å². The summed E-state index contributed by atoms with van der Waals surface area (Å²) in [6, 6.07) is 0. The maximum Gasteiger partial charge on any atom is 0.308 e. The van der Waals surface area contributed by atoms with Crippen molar-refractivity contribution in [1.29, 1.82) is 0 Å². The van der Waals surface area contributed by atoms with Crippen molar-refractivity contribution in [3.63, 3.8) is 0 Å². The molecule has 0 aromatic heterocycles. The summed E-state index contributed by atoms with van der Waals surface area (Å²) >= 11 is 0. The highest BCUT2D eigenvalue weighted by Crippen LogP contribution is 2.49. The fourth-order valence-electron chi connectivity index (χ4n) is 3.07. The van der Waals surface area contributed by atoms with Gasteiger partial charge in [-0.3, -0.25) is 4.79 Å². The molecule has 0 unspecified atom stereocenters. The third-order valence-electron chi connectivity index (χ3n) is 4.62. The van der Waals surface area contributed by atoms with Crippen molar-refractivity contribution in [2.45, 2.75) is 57.8 Å². The van der Waals surface area contributed by atoms with Crippen molar-refractivity contribution in [2.24, 2.45) is 17.8 Å². The van der Waals surface area contributed by atoms with Crippen LogP contribution in [0.1, 0.15) is 57.8 Å². The maximum atomic E-state index is 10.9. The summed E-state index contributed by atoms with van der Waals surface area (Å²) in [5, 5.41) is 0. The van der Waals surface area contributed by atoms with Crippen LogP contribution in [0.15, 0.2) is 0 Å². The second kappa shape index (κ2) is 5.70. The minimum absolute atomic E-state index is 0.0142. The van der Waals surface area contributed by atoms with E-state index < -0.39 is 0 Å². The molecule has 0 aromatic rings. The summed E-state index contributed by atoms with van der Waals surface area (Å²) in [7, 11) is 1.47. The summed E-state index contributed by atoms with van der Waals surface area (Å²) in [6.07, 6.45) is 12.0. The van der Waals surface area contributed by atoms with Gasteiger partial charge in [0, 0.05) is 0 Å². The normalized spacial score (nSPS) is 32.3. The van der Waals surface area contributed by atoms with Crippen molar-refractivity contribution < 1.29 is 9.53 Å². The first-order valence-corrected chi connectivity index (χ1v) is 6.89. The second-order valence-corrected chi connectivity index (χ2v) is 5.53. The Balaban J connectivity index is 0.000000134. The number of esters is 1. The maximum absolute atomic E-state index is 10.9. The molecular formula is C14H24O2. The van der Waals surface area contributed by atoms with E-state index in [2.05, 4.69) is 4.74 Å². The minimum atomic E-state index is -0.0142. The molecule has 0 N–H and O–H groups in total. The summed E-state index contributed by atoms with van der Waals surface area (Å²) in [6.45, 7) is 0. The zero-order valence-electron chi connectivity index (χ0n) is 10.4. The molecule has 0 heterocycles. The van der Waals surface area contributed by atoms with E-state index in [9.17, 15) is 4.79 Å². The molecule has 0 atom stereocenters. The van der Waals surface area contributed by atoms with Gasteiger partial charge in [-0.25, -0.2) is 0 Å². The molecule has 0 radical (unpaired) electrons. The topological polar surface area (TPSA) is 26.3 Å². The number of hydrogen-bond acceptors (Lipinski definition) is 2. The van der Waals surface area contributed by atoms with Gasteiger partial charge in [-0.2, -0.15) is 0 Å². The van der Waals surface area contributed by atoms with Gasteiger partial charge in [0.1, 0.15) is 0 Å². The first kappa shape index (κ1) is 11.9. The highest BCUT2D eigenvalue weighted by molar-refractivity contribution is 5.72. The molecule has 3 rings (SSSR count). The fourth-order valence-corrected chi connectivity index (χ4v) is 3.07. The van der Waals surface area contributed by atoms with Gasteiger partial charge in [0.15, 0.2) is 0 Å². The van der Waals surface area contributed by atoms with Crippen LogP contribution in [0, 0.1) is 17.8 Å². The molecule has 3 aliphatic carbocycles. The van der Waals surface area contributed by atoms with E-state index in [0.717, 1.165) is 12.8 Å². The molecule has 0 amide bonds. The lowest BCUT2D eigenvalue weighted by Crippen LogP contribution is -2.34. The van der Waals surface area contributed by atoms with E-state index in [4.69, 9.17) is 0 Å².